The quantitative estimate of drug-likeness (QED) is 0.225. The number of nitrogens with one attached hydrogen (secondary N) is 3. The van der Waals surface area contributed by atoms with Crippen LogP contribution >= 0.6 is 24.0 Å². The molecular formula is C22H30IN7O2. The molecule has 1 aromatic carbocycles. The summed E-state index contributed by atoms with van der Waals surface area (Å²) in [5.74, 6) is 3.49. The van der Waals surface area contributed by atoms with Crippen LogP contribution in [0.15, 0.2) is 52.1 Å². The summed E-state index contributed by atoms with van der Waals surface area (Å²) in [6, 6.07) is 12.1. The average molecular weight is 551 g/mol. The maximum absolute atomic E-state index is 5.63. The lowest BCUT2D eigenvalue weighted by Crippen LogP contribution is -2.42. The average Bonchev–Trinajstić information content (AvgIpc) is 3.58. The number of H-pyrrole nitrogens is 1. The number of likely N-dealkylation sites (tertiary alicyclic amines) is 1. The van der Waals surface area contributed by atoms with Crippen molar-refractivity contribution >= 4 is 29.9 Å². The largest absolute Gasteiger partial charge is 0.496 e. The molecule has 1 unspecified atom stereocenters. The Morgan fingerprint density at radius 1 is 1.22 bits per heavy atom. The van der Waals surface area contributed by atoms with Crippen molar-refractivity contribution in [3.63, 3.8) is 0 Å². The molecule has 3 N–H and O–H groups in total. The van der Waals surface area contributed by atoms with Gasteiger partial charge in [0.25, 0.3) is 0 Å². The molecule has 4 rings (SSSR count). The number of para-hydroxylation sites is 1. The predicted molar refractivity (Wildman–Crippen MR) is 134 cm³/mol. The summed E-state index contributed by atoms with van der Waals surface area (Å²) in [5, 5.41) is 13.9. The maximum Gasteiger partial charge on any atom is 0.216 e. The van der Waals surface area contributed by atoms with Crippen molar-refractivity contribution in [3.8, 4) is 17.3 Å². The van der Waals surface area contributed by atoms with Crippen molar-refractivity contribution in [1.82, 2.24) is 30.7 Å². The Kier molecular flexibility index (Phi) is 8.91. The molecule has 3 heterocycles. The van der Waals surface area contributed by atoms with Gasteiger partial charge in [-0.15, -0.1) is 29.1 Å². The number of aliphatic imine (C=N–C) groups is 1. The summed E-state index contributed by atoms with van der Waals surface area (Å²) in [5.41, 5.74) is 1.19. The summed E-state index contributed by atoms with van der Waals surface area (Å²) < 4.78 is 11.0. The van der Waals surface area contributed by atoms with Crippen LogP contribution in [-0.4, -0.2) is 59.8 Å². The lowest BCUT2D eigenvalue weighted by atomic mass is 10.0. The predicted octanol–water partition coefficient (Wildman–Crippen LogP) is 3.19. The number of hydrogen-bond acceptors (Lipinski definition) is 6. The molecule has 3 aromatic rings. The normalized spacial score (nSPS) is 15.2. The fraction of sp³-hybridized carbons (Fsp3) is 0.409. The van der Waals surface area contributed by atoms with Crippen molar-refractivity contribution in [1.29, 1.82) is 0 Å². The molecule has 1 fully saturated rings. The van der Waals surface area contributed by atoms with Crippen molar-refractivity contribution in [3.05, 3.63) is 54.0 Å². The number of methoxy groups -OCH3 is 1. The number of hydrogen-bond donors (Lipinski definition) is 3. The number of nitrogens with zero attached hydrogens (tertiary/aromatic N) is 4. The van der Waals surface area contributed by atoms with Gasteiger partial charge in [0.2, 0.25) is 5.82 Å². The molecule has 0 bridgehead atoms. The number of furan rings is 1. The van der Waals surface area contributed by atoms with Crippen LogP contribution in [0.25, 0.3) is 11.6 Å². The maximum atomic E-state index is 5.63. The minimum absolute atomic E-state index is 0. The highest BCUT2D eigenvalue weighted by Gasteiger charge is 2.26. The van der Waals surface area contributed by atoms with E-state index < -0.39 is 0 Å². The first kappa shape index (κ1) is 24.1. The second-order valence-corrected chi connectivity index (χ2v) is 7.39. The van der Waals surface area contributed by atoms with Gasteiger partial charge in [-0.1, -0.05) is 18.2 Å². The highest BCUT2D eigenvalue weighted by molar-refractivity contribution is 14.0. The summed E-state index contributed by atoms with van der Waals surface area (Å²) in [4.78, 5) is 11.3. The molecule has 9 nitrogen and oxygen atoms in total. The highest BCUT2D eigenvalue weighted by atomic mass is 127. The number of guanidine groups is 1. The fourth-order valence-corrected chi connectivity index (χ4v) is 3.90. The van der Waals surface area contributed by atoms with Gasteiger partial charge >= 0.3 is 0 Å². The molecule has 0 saturated carbocycles. The summed E-state index contributed by atoms with van der Waals surface area (Å²) in [7, 11) is 3.49. The second kappa shape index (κ2) is 11.9. The fourth-order valence-electron chi connectivity index (χ4n) is 3.90. The van der Waals surface area contributed by atoms with E-state index in [4.69, 9.17) is 9.15 Å². The molecule has 32 heavy (non-hydrogen) atoms. The minimum Gasteiger partial charge on any atom is -0.496 e. The molecule has 1 aliphatic rings. The van der Waals surface area contributed by atoms with E-state index in [2.05, 4.69) is 47.8 Å². The summed E-state index contributed by atoms with van der Waals surface area (Å²) >= 11 is 0. The van der Waals surface area contributed by atoms with E-state index in [-0.39, 0.29) is 30.0 Å². The second-order valence-electron chi connectivity index (χ2n) is 7.39. The van der Waals surface area contributed by atoms with Crippen LogP contribution < -0.4 is 15.4 Å². The lowest BCUT2D eigenvalue weighted by molar-refractivity contribution is 0.239. The van der Waals surface area contributed by atoms with Crippen molar-refractivity contribution < 1.29 is 9.15 Å². The van der Waals surface area contributed by atoms with Gasteiger partial charge in [0.05, 0.1) is 26.0 Å². The highest BCUT2D eigenvalue weighted by Crippen LogP contribution is 2.31. The zero-order chi connectivity index (χ0) is 21.5. The monoisotopic (exact) mass is 551 g/mol. The van der Waals surface area contributed by atoms with Gasteiger partial charge in [0, 0.05) is 19.2 Å². The van der Waals surface area contributed by atoms with Crippen LogP contribution in [0.1, 0.15) is 30.3 Å². The van der Waals surface area contributed by atoms with Gasteiger partial charge in [0.1, 0.15) is 11.6 Å². The van der Waals surface area contributed by atoms with Crippen LogP contribution in [0.5, 0.6) is 5.75 Å². The molecule has 0 radical (unpaired) electrons. The standard InChI is InChI=1S/C22H29N7O2.HI/c1-23-22(25-15-20-26-21(28-27-20)19-10-7-13-31-19)24-14-17(29-11-5-6-12-29)16-8-3-4-9-18(16)30-2;/h3-4,7-10,13,17H,5-6,11-12,14-15H2,1-2H3,(H2,23,24,25)(H,26,27,28);1H. The third kappa shape index (κ3) is 5.80. The topological polar surface area (TPSA) is 104 Å². The molecule has 0 aliphatic carbocycles. The van der Waals surface area contributed by atoms with E-state index in [0.717, 1.165) is 18.8 Å². The van der Waals surface area contributed by atoms with E-state index in [1.54, 1.807) is 20.4 Å². The zero-order valence-corrected chi connectivity index (χ0v) is 20.7. The minimum atomic E-state index is 0. The van der Waals surface area contributed by atoms with Gasteiger partial charge in [-0.25, -0.2) is 4.98 Å². The van der Waals surface area contributed by atoms with E-state index in [1.807, 2.05) is 24.3 Å². The van der Waals surface area contributed by atoms with Crippen molar-refractivity contribution in [2.75, 3.05) is 33.8 Å². The van der Waals surface area contributed by atoms with Crippen molar-refractivity contribution in [2.45, 2.75) is 25.4 Å². The first-order valence-electron chi connectivity index (χ1n) is 10.5. The Morgan fingerprint density at radius 3 is 2.75 bits per heavy atom. The lowest BCUT2D eigenvalue weighted by Gasteiger charge is -2.30. The Bertz CT molecular complexity index is 984. The van der Waals surface area contributed by atoms with Crippen molar-refractivity contribution in [2.24, 2.45) is 4.99 Å². The molecular weight excluding hydrogens is 521 g/mol. The van der Waals surface area contributed by atoms with E-state index >= 15 is 0 Å². The number of benzene rings is 1. The van der Waals surface area contributed by atoms with Gasteiger partial charge in [0.15, 0.2) is 11.7 Å². The first-order chi connectivity index (χ1) is 15.3. The molecule has 0 spiro atoms. The Balaban J connectivity index is 0.00000289. The van der Waals surface area contributed by atoms with Crippen LogP contribution in [-0.2, 0) is 6.54 Å². The Morgan fingerprint density at radius 2 is 2.03 bits per heavy atom. The molecule has 10 heteroatoms. The SMILES string of the molecule is CN=C(NCc1nc(-c2ccco2)n[nH]1)NCC(c1ccccc1OC)N1CCCC1.I. The molecule has 0 amide bonds. The molecule has 1 aliphatic heterocycles. The zero-order valence-electron chi connectivity index (χ0n) is 18.4. The van der Waals surface area contributed by atoms with Gasteiger partial charge in [-0.3, -0.25) is 15.0 Å². The third-order valence-electron chi connectivity index (χ3n) is 5.46. The van der Waals surface area contributed by atoms with Crippen LogP contribution in [0.4, 0.5) is 0 Å². The number of rotatable bonds is 8. The van der Waals surface area contributed by atoms with Crippen LogP contribution in [0.2, 0.25) is 0 Å². The molecule has 2 aromatic heterocycles. The van der Waals surface area contributed by atoms with Crippen LogP contribution in [0, 0.1) is 0 Å². The van der Waals surface area contributed by atoms with E-state index in [1.165, 1.54) is 18.4 Å². The van der Waals surface area contributed by atoms with E-state index in [0.29, 0.717) is 36.5 Å². The number of aromatic nitrogens is 3. The number of ether oxygens (including phenoxy) is 1. The Hall–Kier alpha value is -2.60. The van der Waals surface area contributed by atoms with Gasteiger partial charge in [-0.05, 0) is 44.1 Å². The smallest absolute Gasteiger partial charge is 0.216 e. The number of aromatic amines is 1. The van der Waals surface area contributed by atoms with E-state index in [9.17, 15) is 0 Å². The Labute approximate surface area is 205 Å². The number of halogens is 1. The van der Waals surface area contributed by atoms with Gasteiger partial charge in [-0.2, -0.15) is 0 Å². The molecule has 172 valence electrons. The summed E-state index contributed by atoms with van der Waals surface area (Å²) in [6.07, 6.45) is 4.05. The molecule has 1 saturated heterocycles. The first-order valence-corrected chi connectivity index (χ1v) is 10.5. The molecule has 1 atom stereocenters. The van der Waals surface area contributed by atoms with Gasteiger partial charge < -0.3 is 19.8 Å². The van der Waals surface area contributed by atoms with Crippen LogP contribution in [0.3, 0.4) is 0 Å². The third-order valence-corrected chi connectivity index (χ3v) is 5.46. The summed E-state index contributed by atoms with van der Waals surface area (Å²) in [6.45, 7) is 3.36.